The molecule has 1 rings (SSSR count). The van der Waals surface area contributed by atoms with Crippen LogP contribution in [0.15, 0.2) is 0 Å². The van der Waals surface area contributed by atoms with E-state index in [2.05, 4.69) is 38.7 Å². The van der Waals surface area contributed by atoms with Gasteiger partial charge in [-0.1, -0.05) is 6.92 Å². The Morgan fingerprint density at radius 3 is 2.71 bits per heavy atom. The smallest absolute Gasteiger partial charge is 0.0675 e. The molecule has 1 fully saturated rings. The summed E-state index contributed by atoms with van der Waals surface area (Å²) in [6, 6.07) is 3.06. The fraction of sp³-hybridized carbons (Fsp3) is 0.917. The number of likely N-dealkylation sites (tertiary alicyclic amines) is 1. The van der Waals surface area contributed by atoms with Gasteiger partial charge in [0.05, 0.1) is 12.0 Å². The topological polar surface area (TPSA) is 27.0 Å². The highest BCUT2D eigenvalue weighted by Gasteiger charge is 2.40. The molecule has 80 valence electrons. The van der Waals surface area contributed by atoms with E-state index < -0.39 is 0 Å². The highest BCUT2D eigenvalue weighted by atomic mass is 15.2. The van der Waals surface area contributed by atoms with Gasteiger partial charge >= 0.3 is 0 Å². The molecule has 2 nitrogen and oxygen atoms in total. The molecule has 14 heavy (non-hydrogen) atoms. The van der Waals surface area contributed by atoms with Crippen molar-refractivity contribution in [3.63, 3.8) is 0 Å². The quantitative estimate of drug-likeness (QED) is 0.676. The van der Waals surface area contributed by atoms with Crippen LogP contribution >= 0.6 is 0 Å². The average molecular weight is 194 g/mol. The van der Waals surface area contributed by atoms with Crippen LogP contribution in [0.5, 0.6) is 0 Å². The first kappa shape index (κ1) is 11.5. The van der Waals surface area contributed by atoms with Crippen LogP contribution in [0.25, 0.3) is 0 Å². The molecule has 0 bridgehead atoms. The summed E-state index contributed by atoms with van der Waals surface area (Å²) < 4.78 is 0. The van der Waals surface area contributed by atoms with Crippen molar-refractivity contribution < 1.29 is 0 Å². The predicted molar refractivity (Wildman–Crippen MR) is 58.9 cm³/mol. The van der Waals surface area contributed by atoms with Crippen LogP contribution < -0.4 is 0 Å². The summed E-state index contributed by atoms with van der Waals surface area (Å²) in [7, 11) is 0. The minimum atomic E-state index is 0.0580. The van der Waals surface area contributed by atoms with Gasteiger partial charge in [0.15, 0.2) is 0 Å². The van der Waals surface area contributed by atoms with Crippen LogP contribution in [0, 0.1) is 17.2 Å². The Balaban J connectivity index is 2.81. The molecule has 0 amide bonds. The lowest BCUT2D eigenvalue weighted by molar-refractivity contribution is 0.0116. The first-order valence-electron chi connectivity index (χ1n) is 5.70. The molecule has 1 aliphatic rings. The van der Waals surface area contributed by atoms with Crippen LogP contribution in [0.4, 0.5) is 0 Å². The zero-order valence-electron chi connectivity index (χ0n) is 9.88. The highest BCUT2D eigenvalue weighted by molar-refractivity contribution is 5.03. The number of nitrogens with zero attached hydrogens (tertiary/aromatic N) is 2. The predicted octanol–water partition coefficient (Wildman–Crippen LogP) is 2.80. The Kier molecular flexibility index (Phi) is 3.55. The molecule has 0 aliphatic carbocycles. The Labute approximate surface area is 87.9 Å². The summed E-state index contributed by atoms with van der Waals surface area (Å²) in [6.45, 7) is 10.1. The zero-order valence-corrected chi connectivity index (χ0v) is 9.88. The summed E-state index contributed by atoms with van der Waals surface area (Å²) >= 11 is 0. The van der Waals surface area contributed by atoms with Gasteiger partial charge in [-0.3, -0.25) is 4.90 Å². The fourth-order valence-electron chi connectivity index (χ4n) is 2.54. The molecule has 0 radical (unpaired) electrons. The Hall–Kier alpha value is -0.550. The number of hydrogen-bond acceptors (Lipinski definition) is 2. The van der Waals surface area contributed by atoms with Crippen LogP contribution in [-0.2, 0) is 0 Å². The van der Waals surface area contributed by atoms with E-state index in [0.717, 1.165) is 13.0 Å². The molecule has 0 saturated carbocycles. The van der Waals surface area contributed by atoms with Crippen LogP contribution in [0.3, 0.4) is 0 Å². The van der Waals surface area contributed by atoms with Gasteiger partial charge in [0.2, 0.25) is 0 Å². The van der Waals surface area contributed by atoms with E-state index >= 15 is 0 Å². The van der Waals surface area contributed by atoms with Gasteiger partial charge < -0.3 is 0 Å². The number of rotatable bonds is 2. The molecule has 0 aromatic carbocycles. The van der Waals surface area contributed by atoms with E-state index in [9.17, 15) is 0 Å². The maximum atomic E-state index is 9.12. The van der Waals surface area contributed by atoms with E-state index in [4.69, 9.17) is 5.26 Å². The third kappa shape index (κ3) is 1.93. The summed E-state index contributed by atoms with van der Waals surface area (Å²) in [5.74, 6) is 0.199. The molecule has 0 spiro atoms. The first-order valence-corrected chi connectivity index (χ1v) is 5.70. The molecule has 0 aromatic heterocycles. The lowest BCUT2D eigenvalue weighted by Crippen LogP contribution is -2.56. The monoisotopic (exact) mass is 194 g/mol. The van der Waals surface area contributed by atoms with Crippen molar-refractivity contribution in [3.05, 3.63) is 0 Å². The van der Waals surface area contributed by atoms with E-state index in [-0.39, 0.29) is 11.5 Å². The maximum absolute atomic E-state index is 9.12. The van der Waals surface area contributed by atoms with Crippen LogP contribution in [-0.4, -0.2) is 23.0 Å². The van der Waals surface area contributed by atoms with Gasteiger partial charge in [-0.25, -0.2) is 0 Å². The summed E-state index contributed by atoms with van der Waals surface area (Å²) in [5.41, 5.74) is 0.0580. The second-order valence-corrected chi connectivity index (χ2v) is 4.93. The third-order valence-corrected chi connectivity index (χ3v) is 3.76. The Morgan fingerprint density at radius 1 is 1.57 bits per heavy atom. The maximum Gasteiger partial charge on any atom is 0.0675 e. The molecule has 1 saturated heterocycles. The average Bonchev–Trinajstić information content (AvgIpc) is 2.16. The largest absolute Gasteiger partial charge is 0.294 e. The van der Waals surface area contributed by atoms with Crippen molar-refractivity contribution in [2.75, 3.05) is 6.54 Å². The van der Waals surface area contributed by atoms with E-state index in [1.54, 1.807) is 0 Å². The second-order valence-electron chi connectivity index (χ2n) is 4.93. The zero-order chi connectivity index (χ0) is 10.8. The molecule has 2 heteroatoms. The minimum Gasteiger partial charge on any atom is -0.294 e. The van der Waals surface area contributed by atoms with E-state index in [1.165, 1.54) is 12.8 Å². The molecule has 1 aliphatic heterocycles. The molecular weight excluding hydrogens is 172 g/mol. The van der Waals surface area contributed by atoms with E-state index in [1.807, 2.05) is 0 Å². The Morgan fingerprint density at radius 2 is 2.21 bits per heavy atom. The fourth-order valence-corrected chi connectivity index (χ4v) is 2.54. The van der Waals surface area contributed by atoms with Crippen molar-refractivity contribution >= 4 is 0 Å². The van der Waals surface area contributed by atoms with Crippen molar-refractivity contribution in [3.8, 4) is 6.07 Å². The molecule has 0 aromatic rings. The Bertz CT molecular complexity index is 227. The molecular formula is C12H22N2. The van der Waals surface area contributed by atoms with Gasteiger partial charge in [0.1, 0.15) is 0 Å². The lowest BCUT2D eigenvalue weighted by Gasteiger charge is -2.48. The summed E-state index contributed by atoms with van der Waals surface area (Å²) in [5, 5.41) is 9.12. The molecule has 0 N–H and O–H groups in total. The molecule has 1 heterocycles. The van der Waals surface area contributed by atoms with Crippen molar-refractivity contribution in [2.24, 2.45) is 5.92 Å². The number of nitriles is 1. The van der Waals surface area contributed by atoms with Crippen molar-refractivity contribution in [2.45, 2.75) is 58.5 Å². The third-order valence-electron chi connectivity index (χ3n) is 3.76. The summed E-state index contributed by atoms with van der Waals surface area (Å²) in [6.07, 6.45) is 3.41. The highest BCUT2D eigenvalue weighted by Crippen LogP contribution is 2.34. The van der Waals surface area contributed by atoms with Gasteiger partial charge in [0, 0.05) is 11.6 Å². The summed E-state index contributed by atoms with van der Waals surface area (Å²) in [4.78, 5) is 2.50. The molecule has 2 atom stereocenters. The first-order chi connectivity index (χ1) is 6.54. The normalized spacial score (nSPS) is 29.5. The van der Waals surface area contributed by atoms with Crippen LogP contribution in [0.1, 0.15) is 47.0 Å². The number of hydrogen-bond donors (Lipinski definition) is 0. The van der Waals surface area contributed by atoms with E-state index in [0.29, 0.717) is 6.04 Å². The van der Waals surface area contributed by atoms with Crippen LogP contribution in [0.2, 0.25) is 0 Å². The van der Waals surface area contributed by atoms with Gasteiger partial charge in [-0.15, -0.1) is 0 Å². The minimum absolute atomic E-state index is 0.0580. The second kappa shape index (κ2) is 4.31. The SMILES string of the molecule is CCC(C)N1CCCC(C#N)C1(C)C. The number of piperidine rings is 1. The van der Waals surface area contributed by atoms with Gasteiger partial charge in [-0.2, -0.15) is 5.26 Å². The molecule has 2 unspecified atom stereocenters. The van der Waals surface area contributed by atoms with Gasteiger partial charge in [-0.05, 0) is 46.6 Å². The van der Waals surface area contributed by atoms with Crippen molar-refractivity contribution in [1.82, 2.24) is 4.90 Å². The lowest BCUT2D eigenvalue weighted by atomic mass is 9.79. The van der Waals surface area contributed by atoms with Gasteiger partial charge in [0.25, 0.3) is 0 Å². The van der Waals surface area contributed by atoms with Crippen molar-refractivity contribution in [1.29, 1.82) is 5.26 Å². The standard InChI is InChI=1S/C12H22N2/c1-5-10(2)14-8-6-7-11(9-13)12(14,3)4/h10-11H,5-8H2,1-4H3.